The van der Waals surface area contributed by atoms with Crippen LogP contribution in [0.5, 0.6) is 0 Å². The molecule has 0 aliphatic carbocycles. The molecule has 0 spiro atoms. The van der Waals surface area contributed by atoms with Crippen molar-refractivity contribution in [1.82, 2.24) is 5.32 Å². The number of halogens is 4. The van der Waals surface area contributed by atoms with Gasteiger partial charge in [-0.1, -0.05) is 28.1 Å². The number of hydrogen-bond acceptors (Lipinski definition) is 1. The first-order valence-electron chi connectivity index (χ1n) is 4.87. The van der Waals surface area contributed by atoms with E-state index in [4.69, 9.17) is 0 Å². The molecule has 0 aliphatic heterocycles. The lowest BCUT2D eigenvalue weighted by Gasteiger charge is -2.14. The first kappa shape index (κ1) is 14.0. The Hall–Kier alpha value is -1.04. The number of amides is 1. The molecule has 1 aromatic rings. The minimum atomic E-state index is -4.33. The van der Waals surface area contributed by atoms with Crippen LogP contribution < -0.4 is 5.32 Å². The van der Waals surface area contributed by atoms with Gasteiger partial charge in [0.05, 0.1) is 16.9 Å². The minimum Gasteiger partial charge on any atom is -0.349 e. The molecule has 0 bridgehead atoms. The van der Waals surface area contributed by atoms with Crippen LogP contribution in [-0.4, -0.2) is 11.2 Å². The second-order valence-corrected chi connectivity index (χ2v) is 4.10. The van der Waals surface area contributed by atoms with Gasteiger partial charge in [0.2, 0.25) is 5.91 Å². The summed E-state index contributed by atoms with van der Waals surface area (Å²) in [5, 5.41) is 2.80. The molecular formula is C11H11BrF3NO. The van der Waals surface area contributed by atoms with Crippen LogP contribution in [0.4, 0.5) is 13.2 Å². The Morgan fingerprint density at radius 3 is 2.29 bits per heavy atom. The van der Waals surface area contributed by atoms with Gasteiger partial charge in [-0.25, -0.2) is 0 Å². The maximum absolute atomic E-state index is 12.3. The van der Waals surface area contributed by atoms with Crippen molar-refractivity contribution >= 4 is 21.8 Å². The van der Waals surface area contributed by atoms with E-state index in [1.54, 1.807) is 6.92 Å². The number of rotatable bonds is 3. The lowest BCUT2D eigenvalue weighted by molar-refractivity contribution is -0.137. The van der Waals surface area contributed by atoms with Gasteiger partial charge in [0, 0.05) is 0 Å². The lowest BCUT2D eigenvalue weighted by Crippen LogP contribution is -2.27. The summed E-state index contributed by atoms with van der Waals surface area (Å²) in [5.74, 6) is -0.211. The van der Waals surface area contributed by atoms with E-state index in [-0.39, 0.29) is 17.3 Å². The van der Waals surface area contributed by atoms with Gasteiger partial charge in [-0.3, -0.25) is 4.79 Å². The second kappa shape index (κ2) is 5.53. The predicted molar refractivity (Wildman–Crippen MR) is 61.8 cm³/mol. The second-order valence-electron chi connectivity index (χ2n) is 3.54. The third-order valence-electron chi connectivity index (χ3n) is 2.24. The Bertz CT molecular complexity index is 389. The number of hydrogen-bond donors (Lipinski definition) is 1. The topological polar surface area (TPSA) is 29.1 Å². The molecule has 6 heteroatoms. The van der Waals surface area contributed by atoms with Crippen LogP contribution in [0, 0.1) is 0 Å². The molecule has 1 atom stereocenters. The van der Waals surface area contributed by atoms with E-state index < -0.39 is 11.7 Å². The third kappa shape index (κ3) is 4.03. The Morgan fingerprint density at radius 2 is 1.88 bits per heavy atom. The lowest BCUT2D eigenvalue weighted by atomic mass is 10.1. The first-order valence-corrected chi connectivity index (χ1v) is 5.99. The number of alkyl halides is 4. The molecule has 94 valence electrons. The van der Waals surface area contributed by atoms with E-state index >= 15 is 0 Å². The molecule has 0 fully saturated rings. The van der Waals surface area contributed by atoms with E-state index in [0.717, 1.165) is 12.1 Å². The number of carbonyl (C=O) groups is 1. The molecule has 0 saturated carbocycles. The molecule has 1 N–H and O–H groups in total. The van der Waals surface area contributed by atoms with Crippen LogP contribution in [0.2, 0.25) is 0 Å². The monoisotopic (exact) mass is 309 g/mol. The van der Waals surface area contributed by atoms with Gasteiger partial charge in [0.1, 0.15) is 0 Å². The van der Waals surface area contributed by atoms with E-state index in [1.807, 2.05) is 0 Å². The van der Waals surface area contributed by atoms with Gasteiger partial charge in [-0.15, -0.1) is 0 Å². The van der Waals surface area contributed by atoms with E-state index in [9.17, 15) is 18.0 Å². The quantitative estimate of drug-likeness (QED) is 0.853. The van der Waals surface area contributed by atoms with E-state index in [0.29, 0.717) is 5.56 Å². The van der Waals surface area contributed by atoms with Crippen molar-refractivity contribution in [3.8, 4) is 0 Å². The summed E-state index contributed by atoms with van der Waals surface area (Å²) in [6.45, 7) is 1.71. The smallest absolute Gasteiger partial charge is 0.349 e. The van der Waals surface area contributed by atoms with Gasteiger partial charge in [-0.05, 0) is 24.6 Å². The number of benzene rings is 1. The summed E-state index contributed by atoms with van der Waals surface area (Å²) in [6.07, 6.45) is -4.33. The molecule has 0 unspecified atom stereocenters. The molecule has 0 radical (unpaired) electrons. The fourth-order valence-corrected chi connectivity index (χ4v) is 1.49. The Labute approximate surface area is 105 Å². The van der Waals surface area contributed by atoms with Crippen molar-refractivity contribution in [1.29, 1.82) is 0 Å². The standard InChI is InChI=1S/C11H11BrF3NO/c1-7(16-10(17)6-12)8-2-4-9(5-3-8)11(13,14)15/h2-5,7H,6H2,1H3,(H,16,17)/t7-/m0/s1. The molecule has 0 aliphatic rings. The minimum absolute atomic E-state index is 0.165. The zero-order valence-corrected chi connectivity index (χ0v) is 10.6. The first-order chi connectivity index (χ1) is 7.84. The third-order valence-corrected chi connectivity index (χ3v) is 2.75. The molecule has 1 amide bonds. The molecular weight excluding hydrogens is 299 g/mol. The largest absolute Gasteiger partial charge is 0.416 e. The normalized spacial score (nSPS) is 13.2. The highest BCUT2D eigenvalue weighted by atomic mass is 79.9. The zero-order chi connectivity index (χ0) is 13.1. The zero-order valence-electron chi connectivity index (χ0n) is 9.01. The van der Waals surface area contributed by atoms with Crippen molar-refractivity contribution in [2.45, 2.75) is 19.1 Å². The maximum Gasteiger partial charge on any atom is 0.416 e. The van der Waals surface area contributed by atoms with Gasteiger partial charge in [0.25, 0.3) is 0 Å². The van der Waals surface area contributed by atoms with Crippen LogP contribution in [0.3, 0.4) is 0 Å². The predicted octanol–water partition coefficient (Wildman–Crippen LogP) is 3.28. The molecule has 0 aromatic heterocycles. The Morgan fingerprint density at radius 1 is 1.35 bits per heavy atom. The van der Waals surface area contributed by atoms with E-state index in [2.05, 4.69) is 21.2 Å². The van der Waals surface area contributed by atoms with Crippen molar-refractivity contribution < 1.29 is 18.0 Å². The SMILES string of the molecule is C[C@H](NC(=O)CBr)c1ccc(C(F)(F)F)cc1. The van der Waals surface area contributed by atoms with Gasteiger partial charge in [-0.2, -0.15) is 13.2 Å². The van der Waals surface area contributed by atoms with Crippen LogP contribution in [0.15, 0.2) is 24.3 Å². The molecule has 1 rings (SSSR count). The van der Waals surface area contributed by atoms with Gasteiger partial charge >= 0.3 is 6.18 Å². The average molecular weight is 310 g/mol. The molecule has 1 aromatic carbocycles. The summed E-state index contributed by atoms with van der Waals surface area (Å²) < 4.78 is 36.9. The van der Waals surface area contributed by atoms with Crippen molar-refractivity contribution in [2.24, 2.45) is 0 Å². The Balaban J connectivity index is 2.77. The molecule has 0 heterocycles. The van der Waals surface area contributed by atoms with Crippen molar-refractivity contribution in [3.05, 3.63) is 35.4 Å². The Kier molecular flexibility index (Phi) is 4.56. The van der Waals surface area contributed by atoms with Crippen molar-refractivity contribution in [2.75, 3.05) is 5.33 Å². The average Bonchev–Trinajstić information content (AvgIpc) is 2.27. The highest BCUT2D eigenvalue weighted by molar-refractivity contribution is 9.09. The van der Waals surface area contributed by atoms with E-state index in [1.165, 1.54) is 12.1 Å². The number of carbonyl (C=O) groups excluding carboxylic acids is 1. The van der Waals surface area contributed by atoms with Crippen LogP contribution in [-0.2, 0) is 11.0 Å². The summed E-state index contributed by atoms with van der Waals surface area (Å²) in [6, 6.07) is 4.42. The van der Waals surface area contributed by atoms with Gasteiger partial charge < -0.3 is 5.32 Å². The fourth-order valence-electron chi connectivity index (χ4n) is 1.32. The highest BCUT2D eigenvalue weighted by Gasteiger charge is 2.30. The summed E-state index contributed by atoms with van der Waals surface area (Å²) in [5.41, 5.74) is -0.0624. The highest BCUT2D eigenvalue weighted by Crippen LogP contribution is 2.29. The van der Waals surface area contributed by atoms with Crippen LogP contribution in [0.1, 0.15) is 24.1 Å². The molecule has 2 nitrogen and oxygen atoms in total. The number of nitrogens with one attached hydrogen (secondary N) is 1. The summed E-state index contributed by atoms with van der Waals surface area (Å²) >= 11 is 2.99. The molecule has 17 heavy (non-hydrogen) atoms. The summed E-state index contributed by atoms with van der Waals surface area (Å²) in [7, 11) is 0. The summed E-state index contributed by atoms with van der Waals surface area (Å²) in [4.78, 5) is 11.1. The molecule has 0 saturated heterocycles. The maximum atomic E-state index is 12.3. The fraction of sp³-hybridized carbons (Fsp3) is 0.364. The van der Waals surface area contributed by atoms with Crippen molar-refractivity contribution in [3.63, 3.8) is 0 Å². The van der Waals surface area contributed by atoms with Crippen LogP contribution >= 0.6 is 15.9 Å². The van der Waals surface area contributed by atoms with Gasteiger partial charge in [0.15, 0.2) is 0 Å². The van der Waals surface area contributed by atoms with Crippen LogP contribution in [0.25, 0.3) is 0 Å².